The molecule has 0 N–H and O–H groups in total. The topological polar surface area (TPSA) is 56.0 Å². The molecule has 0 radical (unpaired) electrons. The number of pyridine rings is 1. The molecule has 0 aliphatic rings. The SMILES string of the molecule is Cc1cccc(C=Cc2ccc([N+](=O)[O-])cc2)n1. The molecular formula is C14H12N2O2. The molecule has 2 aromatic rings. The Balaban J connectivity index is 2.16. The van der Waals surface area contributed by atoms with Crippen molar-refractivity contribution < 1.29 is 4.92 Å². The second kappa shape index (κ2) is 5.23. The van der Waals surface area contributed by atoms with Crippen LogP contribution in [0.25, 0.3) is 12.2 Å². The van der Waals surface area contributed by atoms with E-state index in [-0.39, 0.29) is 5.69 Å². The van der Waals surface area contributed by atoms with Gasteiger partial charge in [-0.1, -0.05) is 12.1 Å². The lowest BCUT2D eigenvalue weighted by Gasteiger charge is -1.96. The number of rotatable bonds is 3. The van der Waals surface area contributed by atoms with Gasteiger partial charge in [0.2, 0.25) is 0 Å². The summed E-state index contributed by atoms with van der Waals surface area (Å²) < 4.78 is 0. The summed E-state index contributed by atoms with van der Waals surface area (Å²) in [5, 5.41) is 10.5. The van der Waals surface area contributed by atoms with Crippen LogP contribution in [0.4, 0.5) is 5.69 Å². The van der Waals surface area contributed by atoms with E-state index in [1.165, 1.54) is 12.1 Å². The fourth-order valence-electron chi connectivity index (χ4n) is 1.55. The van der Waals surface area contributed by atoms with Crippen LogP contribution in [0.15, 0.2) is 42.5 Å². The highest BCUT2D eigenvalue weighted by atomic mass is 16.6. The molecular weight excluding hydrogens is 228 g/mol. The molecule has 0 saturated heterocycles. The summed E-state index contributed by atoms with van der Waals surface area (Å²) in [7, 11) is 0. The van der Waals surface area contributed by atoms with Crippen LogP contribution in [-0.2, 0) is 0 Å². The Kier molecular flexibility index (Phi) is 3.48. The van der Waals surface area contributed by atoms with Gasteiger partial charge >= 0.3 is 0 Å². The number of aryl methyl sites for hydroxylation is 1. The largest absolute Gasteiger partial charge is 0.269 e. The predicted molar refractivity (Wildman–Crippen MR) is 71.0 cm³/mol. The Labute approximate surface area is 105 Å². The van der Waals surface area contributed by atoms with Crippen LogP contribution in [0.3, 0.4) is 0 Å². The summed E-state index contributed by atoms with van der Waals surface area (Å²) in [5.74, 6) is 0. The van der Waals surface area contributed by atoms with Gasteiger partial charge in [0.1, 0.15) is 0 Å². The van der Waals surface area contributed by atoms with Crippen molar-refractivity contribution in [2.24, 2.45) is 0 Å². The molecule has 1 aromatic heterocycles. The summed E-state index contributed by atoms with van der Waals surface area (Å²) in [5.41, 5.74) is 2.83. The average molecular weight is 240 g/mol. The van der Waals surface area contributed by atoms with E-state index < -0.39 is 4.92 Å². The lowest BCUT2D eigenvalue weighted by Crippen LogP contribution is -1.86. The Bertz CT molecular complexity index is 589. The number of aromatic nitrogens is 1. The van der Waals surface area contributed by atoms with Crippen LogP contribution in [-0.4, -0.2) is 9.91 Å². The third kappa shape index (κ3) is 3.01. The normalized spacial score (nSPS) is 10.7. The summed E-state index contributed by atoms with van der Waals surface area (Å²) in [4.78, 5) is 14.4. The van der Waals surface area contributed by atoms with Crippen LogP contribution in [0.2, 0.25) is 0 Å². The Morgan fingerprint density at radius 3 is 2.44 bits per heavy atom. The lowest BCUT2D eigenvalue weighted by molar-refractivity contribution is -0.384. The number of hydrogen-bond donors (Lipinski definition) is 0. The van der Waals surface area contributed by atoms with E-state index in [0.717, 1.165) is 17.0 Å². The van der Waals surface area contributed by atoms with Crippen LogP contribution < -0.4 is 0 Å². The fourth-order valence-corrected chi connectivity index (χ4v) is 1.55. The first-order valence-corrected chi connectivity index (χ1v) is 5.51. The van der Waals surface area contributed by atoms with Crippen molar-refractivity contribution >= 4 is 17.8 Å². The van der Waals surface area contributed by atoms with E-state index in [9.17, 15) is 10.1 Å². The van der Waals surface area contributed by atoms with Crippen molar-refractivity contribution in [1.82, 2.24) is 4.98 Å². The second-order valence-corrected chi connectivity index (χ2v) is 3.89. The Hall–Kier alpha value is -2.49. The van der Waals surface area contributed by atoms with E-state index in [1.54, 1.807) is 12.1 Å². The summed E-state index contributed by atoms with van der Waals surface area (Å²) in [6.45, 7) is 1.93. The molecule has 0 atom stereocenters. The molecule has 0 spiro atoms. The van der Waals surface area contributed by atoms with Gasteiger partial charge < -0.3 is 0 Å². The van der Waals surface area contributed by atoms with Gasteiger partial charge in [-0.25, -0.2) is 0 Å². The zero-order valence-electron chi connectivity index (χ0n) is 9.91. The van der Waals surface area contributed by atoms with Crippen molar-refractivity contribution in [2.45, 2.75) is 6.92 Å². The molecule has 0 bridgehead atoms. The Morgan fingerprint density at radius 2 is 1.83 bits per heavy atom. The quantitative estimate of drug-likeness (QED) is 0.609. The van der Waals surface area contributed by atoms with Crippen molar-refractivity contribution in [2.75, 3.05) is 0 Å². The van der Waals surface area contributed by atoms with Gasteiger partial charge in [0.25, 0.3) is 5.69 Å². The maximum Gasteiger partial charge on any atom is 0.269 e. The minimum absolute atomic E-state index is 0.0980. The average Bonchev–Trinajstić information content (AvgIpc) is 2.37. The summed E-state index contributed by atoms with van der Waals surface area (Å²) in [6, 6.07) is 12.2. The van der Waals surface area contributed by atoms with Gasteiger partial charge in [-0.05, 0) is 42.8 Å². The third-order valence-electron chi connectivity index (χ3n) is 2.46. The van der Waals surface area contributed by atoms with Gasteiger partial charge in [-0.15, -0.1) is 0 Å². The zero-order valence-corrected chi connectivity index (χ0v) is 9.91. The lowest BCUT2D eigenvalue weighted by atomic mass is 10.2. The first-order chi connectivity index (χ1) is 8.65. The first kappa shape index (κ1) is 12.0. The van der Waals surface area contributed by atoms with Crippen LogP contribution in [0, 0.1) is 17.0 Å². The van der Waals surface area contributed by atoms with E-state index in [2.05, 4.69) is 4.98 Å². The minimum atomic E-state index is -0.407. The van der Waals surface area contributed by atoms with E-state index in [0.29, 0.717) is 0 Å². The first-order valence-electron chi connectivity index (χ1n) is 5.51. The minimum Gasteiger partial charge on any atom is -0.258 e. The molecule has 0 aliphatic heterocycles. The number of nitro groups is 1. The molecule has 1 heterocycles. The molecule has 0 fully saturated rings. The molecule has 90 valence electrons. The van der Waals surface area contributed by atoms with Gasteiger partial charge in [0, 0.05) is 17.8 Å². The van der Waals surface area contributed by atoms with Gasteiger partial charge in [-0.2, -0.15) is 0 Å². The van der Waals surface area contributed by atoms with E-state index in [1.807, 2.05) is 37.3 Å². The fraction of sp³-hybridized carbons (Fsp3) is 0.0714. The molecule has 4 nitrogen and oxygen atoms in total. The smallest absolute Gasteiger partial charge is 0.258 e. The molecule has 0 amide bonds. The number of nitrogens with zero attached hydrogens (tertiary/aromatic N) is 2. The highest BCUT2D eigenvalue weighted by Crippen LogP contribution is 2.13. The van der Waals surface area contributed by atoms with Gasteiger partial charge in [-0.3, -0.25) is 15.1 Å². The Morgan fingerprint density at radius 1 is 1.11 bits per heavy atom. The van der Waals surface area contributed by atoms with Crippen molar-refractivity contribution in [3.63, 3.8) is 0 Å². The maximum atomic E-state index is 10.5. The van der Waals surface area contributed by atoms with Crippen molar-refractivity contribution in [1.29, 1.82) is 0 Å². The van der Waals surface area contributed by atoms with Crippen molar-refractivity contribution in [3.05, 3.63) is 69.5 Å². The van der Waals surface area contributed by atoms with Gasteiger partial charge in [0.05, 0.1) is 10.6 Å². The molecule has 2 rings (SSSR count). The second-order valence-electron chi connectivity index (χ2n) is 3.89. The number of nitro benzene ring substituents is 1. The van der Waals surface area contributed by atoms with Crippen LogP contribution >= 0.6 is 0 Å². The third-order valence-corrected chi connectivity index (χ3v) is 2.46. The van der Waals surface area contributed by atoms with E-state index in [4.69, 9.17) is 0 Å². The number of hydrogen-bond acceptors (Lipinski definition) is 3. The molecule has 0 saturated carbocycles. The molecule has 1 aromatic carbocycles. The molecule has 0 aliphatic carbocycles. The molecule has 18 heavy (non-hydrogen) atoms. The molecule has 0 unspecified atom stereocenters. The maximum absolute atomic E-state index is 10.5. The highest BCUT2D eigenvalue weighted by molar-refractivity contribution is 5.68. The molecule has 4 heteroatoms. The van der Waals surface area contributed by atoms with Crippen molar-refractivity contribution in [3.8, 4) is 0 Å². The zero-order chi connectivity index (χ0) is 13.0. The van der Waals surface area contributed by atoms with Crippen LogP contribution in [0.5, 0.6) is 0 Å². The predicted octanol–water partition coefficient (Wildman–Crippen LogP) is 3.47. The van der Waals surface area contributed by atoms with Crippen LogP contribution in [0.1, 0.15) is 17.0 Å². The monoisotopic (exact) mass is 240 g/mol. The number of benzene rings is 1. The number of non-ortho nitro benzene ring substituents is 1. The van der Waals surface area contributed by atoms with Gasteiger partial charge in [0.15, 0.2) is 0 Å². The standard InChI is InChI=1S/C14H12N2O2/c1-11-3-2-4-13(15-11)8-5-12-6-9-14(10-7-12)16(17)18/h2-10H,1H3. The highest BCUT2D eigenvalue weighted by Gasteiger charge is 2.02. The summed E-state index contributed by atoms with van der Waals surface area (Å²) >= 11 is 0. The summed E-state index contributed by atoms with van der Waals surface area (Å²) in [6.07, 6.45) is 3.76. The van der Waals surface area contributed by atoms with E-state index >= 15 is 0 Å².